The molecule has 0 saturated heterocycles. The number of unbranched alkanes of at least 4 members (excludes halogenated alkanes) is 2. The molecule has 31 heavy (non-hydrogen) atoms. The first kappa shape index (κ1) is 25.5. The molecule has 1 atom stereocenters. The fourth-order valence-electron chi connectivity index (χ4n) is 3.50. The number of carbonyl (C=O) groups excluding carboxylic acids is 1. The molecule has 0 aromatic heterocycles. The maximum absolute atomic E-state index is 13.3. The minimum absolute atomic E-state index is 0.107. The first-order valence-corrected chi connectivity index (χ1v) is 12.9. The van der Waals surface area contributed by atoms with Gasteiger partial charge in [0.1, 0.15) is 0 Å². The zero-order valence-electron chi connectivity index (χ0n) is 18.6. The first-order valence-electron chi connectivity index (χ1n) is 10.7. The number of thioether (sulfide) groups is 1. The van der Waals surface area contributed by atoms with Crippen LogP contribution in [0.3, 0.4) is 0 Å². The number of nitrogens with zero attached hydrogens (tertiary/aromatic N) is 1. The van der Waals surface area contributed by atoms with Crippen LogP contribution in [0.25, 0.3) is 0 Å². The molecule has 0 aliphatic rings. The van der Waals surface area contributed by atoms with Crippen LogP contribution in [-0.2, 0) is 0 Å². The van der Waals surface area contributed by atoms with Crippen LogP contribution < -0.4 is 4.74 Å². The minimum atomic E-state index is -0.447. The van der Waals surface area contributed by atoms with Crippen LogP contribution in [0.5, 0.6) is 5.75 Å². The molecule has 7 heteroatoms. The molecule has 0 amide bonds. The quantitative estimate of drug-likeness (QED) is 0.108. The second-order valence-electron chi connectivity index (χ2n) is 7.81. The summed E-state index contributed by atoms with van der Waals surface area (Å²) in [5.41, 5.74) is 0.910. The molecule has 0 spiro atoms. The second-order valence-corrected chi connectivity index (χ2v) is 11.4. The number of nitro benzene ring substituents is 1. The van der Waals surface area contributed by atoms with Gasteiger partial charge in [-0.3, -0.25) is 0 Å². The predicted octanol–water partition coefficient (Wildman–Crippen LogP) is 6.10. The second kappa shape index (κ2) is 12.3. The Morgan fingerprint density at radius 3 is 2.23 bits per heavy atom. The Bertz CT molecular complexity index is 881. The third kappa shape index (κ3) is 6.85. The molecular weight excluding hydrogens is 473 g/mol. The molecule has 0 heterocycles. The Morgan fingerprint density at radius 2 is 1.71 bits per heavy atom. The van der Waals surface area contributed by atoms with Gasteiger partial charge in [0.05, 0.1) is 0 Å². The van der Waals surface area contributed by atoms with Crippen molar-refractivity contribution in [1.82, 2.24) is 0 Å². The number of hydrogen-bond acceptors (Lipinski definition) is 5. The summed E-state index contributed by atoms with van der Waals surface area (Å²) in [5, 5.41) is 11.6. The number of rotatable bonds is 13. The Hall–Kier alpha value is -1.78. The molecule has 0 bridgehead atoms. The van der Waals surface area contributed by atoms with Crippen molar-refractivity contribution in [2.75, 3.05) is 12.9 Å². The monoisotopic (exact) mass is 505 g/mol. The summed E-state index contributed by atoms with van der Waals surface area (Å²) < 4.78 is 5.64. The molecular formula is C24H32AsNO4S. The Labute approximate surface area is 198 Å². The first-order chi connectivity index (χ1) is 14.9. The number of ketones is 1. The standard InChI is InChI=1S/C24H32AsNO4S/c1-4-6-15-24(25,16-7-5-2)17-31-23-19(21(27)18-11-9-8-10-12-18)13-14-20(26(28)29)22(23)30-3/h8-14H,4-7,15-17,25H2,1-3H3. The molecule has 0 saturated carbocycles. The zero-order valence-corrected chi connectivity index (χ0v) is 21.8. The molecule has 168 valence electrons. The van der Waals surface area contributed by atoms with Crippen molar-refractivity contribution in [3.05, 3.63) is 63.7 Å². The normalized spacial score (nSPS) is 11.4. The fourth-order valence-corrected chi connectivity index (χ4v) is 6.24. The van der Waals surface area contributed by atoms with Crippen LogP contribution in [-0.4, -0.2) is 40.4 Å². The topological polar surface area (TPSA) is 69.4 Å². The summed E-state index contributed by atoms with van der Waals surface area (Å²) in [6.07, 6.45) is 6.83. The van der Waals surface area contributed by atoms with Gasteiger partial charge in [-0.15, -0.1) is 0 Å². The zero-order chi connectivity index (χ0) is 22.9. The van der Waals surface area contributed by atoms with Crippen LogP contribution in [0.15, 0.2) is 47.4 Å². The van der Waals surface area contributed by atoms with E-state index in [0.717, 1.165) is 44.3 Å². The van der Waals surface area contributed by atoms with Crippen LogP contribution in [0.1, 0.15) is 68.3 Å². The van der Waals surface area contributed by atoms with Crippen LogP contribution in [0.4, 0.5) is 5.69 Å². The summed E-state index contributed by atoms with van der Waals surface area (Å²) in [6, 6.07) is 12.0. The molecule has 0 radical (unpaired) electrons. The van der Waals surface area contributed by atoms with Gasteiger partial charge in [-0.25, -0.2) is 0 Å². The van der Waals surface area contributed by atoms with Crippen molar-refractivity contribution in [2.24, 2.45) is 0 Å². The van der Waals surface area contributed by atoms with Gasteiger partial charge in [0.2, 0.25) is 0 Å². The molecule has 0 aliphatic carbocycles. The van der Waals surface area contributed by atoms with Gasteiger partial charge in [0, 0.05) is 0 Å². The van der Waals surface area contributed by atoms with Gasteiger partial charge in [-0.05, 0) is 0 Å². The molecule has 0 fully saturated rings. The van der Waals surface area contributed by atoms with Crippen molar-refractivity contribution >= 4 is 40.1 Å². The third-order valence-corrected chi connectivity index (χ3v) is 9.01. The summed E-state index contributed by atoms with van der Waals surface area (Å²) in [7, 11) is 1.43. The van der Waals surface area contributed by atoms with Crippen molar-refractivity contribution in [2.45, 2.75) is 61.5 Å². The van der Waals surface area contributed by atoms with E-state index in [9.17, 15) is 14.9 Å². The number of methoxy groups -OCH3 is 1. The van der Waals surface area contributed by atoms with E-state index in [4.69, 9.17) is 4.74 Å². The molecule has 2 rings (SSSR count). The number of ether oxygens (including phenoxy) is 1. The van der Waals surface area contributed by atoms with E-state index < -0.39 is 4.92 Å². The molecule has 2 aromatic carbocycles. The average molecular weight is 506 g/mol. The Balaban J connectivity index is 2.47. The Kier molecular flexibility index (Phi) is 10.1. The SMILES string of the molecule is CCCCC([AsH2])(CCCC)CSc1c(C(=O)c2ccccc2)ccc([N+](=O)[O-])c1OC. The van der Waals surface area contributed by atoms with Gasteiger partial charge < -0.3 is 0 Å². The van der Waals surface area contributed by atoms with Crippen molar-refractivity contribution in [3.8, 4) is 5.75 Å². The fraction of sp³-hybridized carbons (Fsp3) is 0.458. The van der Waals surface area contributed by atoms with Crippen molar-refractivity contribution in [1.29, 1.82) is 0 Å². The molecule has 2 aromatic rings. The number of hydrogen-bond donors (Lipinski definition) is 0. The van der Waals surface area contributed by atoms with E-state index >= 15 is 0 Å². The number of benzene rings is 2. The van der Waals surface area contributed by atoms with Crippen LogP contribution in [0.2, 0.25) is 4.20 Å². The van der Waals surface area contributed by atoms with Crippen molar-refractivity contribution in [3.63, 3.8) is 0 Å². The van der Waals surface area contributed by atoms with Gasteiger partial charge >= 0.3 is 198 Å². The maximum atomic E-state index is 13.3. The molecule has 0 N–H and O–H groups in total. The van der Waals surface area contributed by atoms with Gasteiger partial charge in [-0.2, -0.15) is 0 Å². The average Bonchev–Trinajstić information content (AvgIpc) is 2.79. The molecule has 1 unspecified atom stereocenters. The van der Waals surface area contributed by atoms with E-state index in [0.29, 0.717) is 16.0 Å². The Morgan fingerprint density at radius 1 is 1.10 bits per heavy atom. The number of nitro groups is 1. The van der Waals surface area contributed by atoms with E-state index in [1.807, 2.05) is 18.2 Å². The van der Waals surface area contributed by atoms with Crippen molar-refractivity contribution < 1.29 is 14.5 Å². The molecule has 0 aliphatic heterocycles. The van der Waals surface area contributed by atoms with E-state index in [1.165, 1.54) is 24.9 Å². The van der Waals surface area contributed by atoms with Gasteiger partial charge in [0.15, 0.2) is 0 Å². The number of carbonyl (C=O) groups is 1. The van der Waals surface area contributed by atoms with Crippen LogP contribution >= 0.6 is 11.8 Å². The van der Waals surface area contributed by atoms with E-state index in [1.54, 1.807) is 35.1 Å². The summed E-state index contributed by atoms with van der Waals surface area (Å²) in [4.78, 5) is 25.0. The molecule has 5 nitrogen and oxygen atoms in total. The summed E-state index contributed by atoms with van der Waals surface area (Å²) in [6.45, 7) is 4.39. The van der Waals surface area contributed by atoms with E-state index in [-0.39, 0.29) is 21.4 Å². The predicted molar refractivity (Wildman–Crippen MR) is 131 cm³/mol. The van der Waals surface area contributed by atoms with Gasteiger partial charge in [0.25, 0.3) is 0 Å². The van der Waals surface area contributed by atoms with E-state index in [2.05, 4.69) is 13.8 Å². The summed E-state index contributed by atoms with van der Waals surface area (Å²) >= 11 is 3.25. The van der Waals surface area contributed by atoms with Crippen LogP contribution in [0, 0.1) is 10.1 Å². The van der Waals surface area contributed by atoms with Gasteiger partial charge in [-0.1, -0.05) is 0 Å². The third-order valence-electron chi connectivity index (χ3n) is 5.33. The summed E-state index contributed by atoms with van der Waals surface area (Å²) in [5.74, 6) is 0.836.